The number of nitrogens with zero attached hydrogens (tertiary/aromatic N) is 1. The lowest BCUT2D eigenvalue weighted by molar-refractivity contribution is -0.110. The van der Waals surface area contributed by atoms with E-state index in [0.29, 0.717) is 6.42 Å². The second kappa shape index (κ2) is 4.04. The van der Waals surface area contributed by atoms with E-state index in [1.54, 1.807) is 12.2 Å². The van der Waals surface area contributed by atoms with Gasteiger partial charge in [-0.25, -0.2) is 8.42 Å². The van der Waals surface area contributed by atoms with Gasteiger partial charge in [0, 0.05) is 13.2 Å². The molecule has 1 aliphatic carbocycles. The van der Waals surface area contributed by atoms with Crippen LogP contribution in [0.5, 0.6) is 0 Å². The summed E-state index contributed by atoms with van der Waals surface area (Å²) in [6, 6.07) is 0. The van der Waals surface area contributed by atoms with Crippen LogP contribution in [0.15, 0.2) is 24.3 Å². The third kappa shape index (κ3) is 2.20. The second-order valence-electron chi connectivity index (χ2n) is 4.61. The summed E-state index contributed by atoms with van der Waals surface area (Å²) >= 11 is 0. The monoisotopic (exact) mass is 257 g/mol. The Labute approximate surface area is 100 Å². The molecule has 0 saturated carbocycles. The number of carbonyl (C=O) groups excluding carboxylic acids is 1. The maximum absolute atomic E-state index is 11.7. The molecule has 1 spiro atoms. The van der Waals surface area contributed by atoms with Crippen molar-refractivity contribution in [1.82, 2.24) is 4.31 Å². The Morgan fingerprint density at radius 1 is 1.47 bits per heavy atom. The summed E-state index contributed by atoms with van der Waals surface area (Å²) in [6.45, 7) is 0.238. The summed E-state index contributed by atoms with van der Waals surface area (Å²) in [5.41, 5.74) is -0.769. The minimum absolute atomic E-state index is 0.0522. The standard InChI is InChI=1S/C11H15NO4S/c1-17(15,16)12-7-9(8-13)6-11(12)4-2-10(14)3-5-11/h2-5,9,13H,6-8H2,1H3/t9-/m0/s1. The van der Waals surface area contributed by atoms with Gasteiger partial charge in [0.15, 0.2) is 5.78 Å². The Kier molecular flexibility index (Phi) is 2.97. The van der Waals surface area contributed by atoms with Crippen molar-refractivity contribution < 1.29 is 18.3 Å². The lowest BCUT2D eigenvalue weighted by atomic mass is 9.89. The topological polar surface area (TPSA) is 74.7 Å². The van der Waals surface area contributed by atoms with Crippen molar-refractivity contribution in [3.05, 3.63) is 24.3 Å². The van der Waals surface area contributed by atoms with Crippen LogP contribution in [0.25, 0.3) is 0 Å². The van der Waals surface area contributed by atoms with Gasteiger partial charge >= 0.3 is 0 Å². The largest absolute Gasteiger partial charge is 0.396 e. The molecule has 0 radical (unpaired) electrons. The first-order valence-electron chi connectivity index (χ1n) is 5.38. The average molecular weight is 257 g/mol. The third-order valence-corrected chi connectivity index (χ3v) is 4.52. The number of hydrogen-bond acceptors (Lipinski definition) is 4. The first-order valence-corrected chi connectivity index (χ1v) is 7.23. The summed E-state index contributed by atoms with van der Waals surface area (Å²) in [5.74, 6) is -0.233. The molecule has 1 atom stereocenters. The van der Waals surface area contributed by atoms with Crippen LogP contribution in [0.2, 0.25) is 0 Å². The van der Waals surface area contributed by atoms with Crippen LogP contribution in [0.3, 0.4) is 0 Å². The number of ketones is 1. The molecule has 0 unspecified atom stereocenters. The number of rotatable bonds is 2. The molecule has 1 aliphatic heterocycles. The van der Waals surface area contributed by atoms with Crippen molar-refractivity contribution in [3.63, 3.8) is 0 Å². The minimum atomic E-state index is -3.36. The van der Waals surface area contributed by atoms with Crippen molar-refractivity contribution >= 4 is 15.8 Å². The molecule has 1 heterocycles. The van der Waals surface area contributed by atoms with Crippen molar-refractivity contribution in [3.8, 4) is 0 Å². The summed E-state index contributed by atoms with van der Waals surface area (Å²) in [4.78, 5) is 11.1. The molecule has 2 rings (SSSR count). The maximum atomic E-state index is 11.7. The first-order chi connectivity index (χ1) is 7.87. The molecule has 5 nitrogen and oxygen atoms in total. The summed E-state index contributed by atoms with van der Waals surface area (Å²) < 4.78 is 24.8. The molecule has 0 aromatic carbocycles. The van der Waals surface area contributed by atoms with Crippen LogP contribution < -0.4 is 0 Å². The number of aliphatic hydroxyl groups is 1. The zero-order chi connectivity index (χ0) is 12.7. The third-order valence-electron chi connectivity index (χ3n) is 3.23. The Morgan fingerprint density at radius 2 is 2.06 bits per heavy atom. The van der Waals surface area contributed by atoms with Crippen LogP contribution >= 0.6 is 0 Å². The molecule has 1 fully saturated rings. The van der Waals surface area contributed by atoms with Gasteiger partial charge in [0.1, 0.15) is 0 Å². The molecule has 0 aromatic rings. The first kappa shape index (κ1) is 12.5. The number of carbonyl (C=O) groups is 1. The summed E-state index contributed by atoms with van der Waals surface area (Å²) in [5, 5.41) is 9.18. The van der Waals surface area contributed by atoms with E-state index in [2.05, 4.69) is 0 Å². The zero-order valence-corrected chi connectivity index (χ0v) is 10.4. The van der Waals surface area contributed by atoms with Gasteiger partial charge in [-0.05, 0) is 24.5 Å². The highest BCUT2D eigenvalue weighted by molar-refractivity contribution is 7.88. The van der Waals surface area contributed by atoms with Gasteiger partial charge in [0.05, 0.1) is 11.8 Å². The van der Waals surface area contributed by atoms with Crippen LogP contribution in [0, 0.1) is 5.92 Å². The molecule has 17 heavy (non-hydrogen) atoms. The summed E-state index contributed by atoms with van der Waals surface area (Å²) in [7, 11) is -3.36. The van der Waals surface area contributed by atoms with Crippen molar-refractivity contribution in [1.29, 1.82) is 0 Å². The lowest BCUT2D eigenvalue weighted by Crippen LogP contribution is -2.44. The Morgan fingerprint density at radius 3 is 2.53 bits per heavy atom. The van der Waals surface area contributed by atoms with Gasteiger partial charge in [0.25, 0.3) is 0 Å². The normalized spacial score (nSPS) is 28.1. The highest BCUT2D eigenvalue weighted by atomic mass is 32.2. The molecule has 0 bridgehead atoms. The predicted molar refractivity (Wildman–Crippen MR) is 62.8 cm³/mol. The molecule has 0 amide bonds. The molecule has 2 aliphatic rings. The van der Waals surface area contributed by atoms with Gasteiger partial charge in [-0.3, -0.25) is 4.79 Å². The molecule has 6 heteroatoms. The van der Waals surface area contributed by atoms with Gasteiger partial charge < -0.3 is 5.11 Å². The fourth-order valence-corrected chi connectivity index (χ4v) is 3.76. The van der Waals surface area contributed by atoms with Crippen LogP contribution in [-0.4, -0.2) is 48.6 Å². The SMILES string of the molecule is CS(=O)(=O)N1C[C@@H](CO)CC12C=CC(=O)C=C2. The highest BCUT2D eigenvalue weighted by Gasteiger charge is 2.47. The second-order valence-corrected chi connectivity index (χ2v) is 6.51. The van der Waals surface area contributed by atoms with Crippen LogP contribution in [-0.2, 0) is 14.8 Å². The Hall–Kier alpha value is -0.980. The molecule has 1 saturated heterocycles. The Balaban J connectivity index is 2.41. The van der Waals surface area contributed by atoms with Crippen molar-refractivity contribution in [2.45, 2.75) is 12.0 Å². The van der Waals surface area contributed by atoms with E-state index in [9.17, 15) is 18.3 Å². The molecule has 1 N–H and O–H groups in total. The van der Waals surface area contributed by atoms with Gasteiger partial charge in [-0.2, -0.15) is 4.31 Å². The minimum Gasteiger partial charge on any atom is -0.396 e. The van der Waals surface area contributed by atoms with Gasteiger partial charge in [-0.1, -0.05) is 12.2 Å². The predicted octanol–water partition coefficient (Wildman–Crippen LogP) is -0.306. The number of allylic oxidation sites excluding steroid dienone is 2. The molecule has 0 aromatic heterocycles. The maximum Gasteiger partial charge on any atom is 0.212 e. The van der Waals surface area contributed by atoms with E-state index >= 15 is 0 Å². The van der Waals surface area contributed by atoms with Crippen molar-refractivity contribution in [2.75, 3.05) is 19.4 Å². The van der Waals surface area contributed by atoms with Crippen molar-refractivity contribution in [2.24, 2.45) is 5.92 Å². The fourth-order valence-electron chi connectivity index (χ4n) is 2.47. The number of aliphatic hydroxyl groups excluding tert-OH is 1. The highest BCUT2D eigenvalue weighted by Crippen LogP contribution is 2.38. The number of hydrogen-bond donors (Lipinski definition) is 1. The molecule has 94 valence electrons. The van der Waals surface area contributed by atoms with Gasteiger partial charge in [0.2, 0.25) is 10.0 Å². The van der Waals surface area contributed by atoms with E-state index < -0.39 is 15.6 Å². The fraction of sp³-hybridized carbons (Fsp3) is 0.545. The van der Waals surface area contributed by atoms with E-state index in [-0.39, 0.29) is 24.9 Å². The van der Waals surface area contributed by atoms with Crippen LogP contribution in [0.4, 0.5) is 0 Å². The summed E-state index contributed by atoms with van der Waals surface area (Å²) in [6.07, 6.45) is 7.66. The van der Waals surface area contributed by atoms with Gasteiger partial charge in [-0.15, -0.1) is 0 Å². The lowest BCUT2D eigenvalue weighted by Gasteiger charge is -2.32. The molecular weight excluding hydrogens is 242 g/mol. The average Bonchev–Trinajstić information content (AvgIpc) is 2.62. The van der Waals surface area contributed by atoms with E-state index in [4.69, 9.17) is 0 Å². The number of sulfonamides is 1. The van der Waals surface area contributed by atoms with E-state index in [0.717, 1.165) is 6.26 Å². The van der Waals surface area contributed by atoms with E-state index in [1.165, 1.54) is 16.5 Å². The quantitative estimate of drug-likeness (QED) is 0.736. The zero-order valence-electron chi connectivity index (χ0n) is 9.54. The van der Waals surface area contributed by atoms with E-state index in [1.807, 2.05) is 0 Å². The van der Waals surface area contributed by atoms with Crippen LogP contribution in [0.1, 0.15) is 6.42 Å². The Bertz CT molecular complexity index is 476. The molecular formula is C11H15NO4S. The smallest absolute Gasteiger partial charge is 0.212 e.